The maximum Gasteiger partial charge on any atom is 0.509 e. The number of imide groups is 2. The molecule has 0 aliphatic carbocycles. The van der Waals surface area contributed by atoms with Crippen LogP contribution < -0.4 is 0 Å². The summed E-state index contributed by atoms with van der Waals surface area (Å²) in [7, 11) is 0. The lowest BCUT2D eigenvalue weighted by Crippen LogP contribution is -2.38. The normalized spacial score (nSPS) is 17.4. The predicted molar refractivity (Wildman–Crippen MR) is 103 cm³/mol. The molecule has 0 aromatic heterocycles. The highest BCUT2D eigenvalue weighted by Crippen LogP contribution is 2.15. The summed E-state index contributed by atoms with van der Waals surface area (Å²) in [5.74, 6) is -6.08. The molecule has 2 heterocycles. The third-order valence-electron chi connectivity index (χ3n) is 4.35. The van der Waals surface area contributed by atoms with Crippen LogP contribution in [-0.2, 0) is 57.4 Å². The van der Waals surface area contributed by atoms with E-state index in [4.69, 9.17) is 9.47 Å². The molecule has 0 spiro atoms. The summed E-state index contributed by atoms with van der Waals surface area (Å²) in [5.41, 5.74) is 0. The van der Waals surface area contributed by atoms with Crippen LogP contribution in [0.2, 0.25) is 0 Å². The van der Waals surface area contributed by atoms with E-state index < -0.39 is 72.9 Å². The van der Waals surface area contributed by atoms with Gasteiger partial charge in [0.25, 0.3) is 23.6 Å². The van der Waals surface area contributed by atoms with E-state index in [0.717, 1.165) is 0 Å². The molecule has 0 bridgehead atoms. The van der Waals surface area contributed by atoms with Gasteiger partial charge in [-0.25, -0.2) is 19.2 Å². The van der Waals surface area contributed by atoms with E-state index in [9.17, 15) is 38.4 Å². The molecule has 0 N–H and O–H groups in total. The zero-order valence-corrected chi connectivity index (χ0v) is 18.3. The molecule has 15 nitrogen and oxygen atoms in total. The van der Waals surface area contributed by atoms with Crippen LogP contribution in [0, 0.1) is 0 Å². The van der Waals surface area contributed by atoms with E-state index in [0.29, 0.717) is 10.1 Å². The lowest BCUT2D eigenvalue weighted by molar-refractivity contribution is -0.206. The molecule has 0 radical (unpaired) electrons. The van der Waals surface area contributed by atoms with E-state index in [1.165, 1.54) is 13.8 Å². The first-order valence-electron chi connectivity index (χ1n) is 10.2. The molecule has 2 saturated heterocycles. The van der Waals surface area contributed by atoms with E-state index in [-0.39, 0.29) is 33.5 Å². The van der Waals surface area contributed by atoms with Crippen molar-refractivity contribution in [2.75, 3.05) is 6.61 Å². The van der Waals surface area contributed by atoms with Gasteiger partial charge >= 0.3 is 24.1 Å². The average Bonchev–Trinajstić information content (AvgIpc) is 3.25. The molecule has 0 aromatic rings. The Hall–Kier alpha value is -4.04. The van der Waals surface area contributed by atoms with Gasteiger partial charge < -0.3 is 23.9 Å². The molecular weight excluding hydrogens is 464 g/mol. The number of ether oxygens (including phenoxy) is 3. The van der Waals surface area contributed by atoms with Crippen molar-refractivity contribution in [1.82, 2.24) is 10.1 Å². The van der Waals surface area contributed by atoms with E-state index in [2.05, 4.69) is 14.4 Å². The zero-order chi connectivity index (χ0) is 25.4. The number of esters is 1. The Morgan fingerprint density at radius 3 is 1.82 bits per heavy atom. The Morgan fingerprint density at radius 1 is 0.824 bits per heavy atom. The van der Waals surface area contributed by atoms with Gasteiger partial charge in [0.05, 0.1) is 6.42 Å². The first-order valence-corrected chi connectivity index (χ1v) is 10.2. The summed E-state index contributed by atoms with van der Waals surface area (Å²) in [6, 6.07) is 0. The summed E-state index contributed by atoms with van der Waals surface area (Å²) in [4.78, 5) is 102. The summed E-state index contributed by atoms with van der Waals surface area (Å²) in [5, 5.41) is 0.642. The van der Waals surface area contributed by atoms with Crippen molar-refractivity contribution in [2.24, 2.45) is 0 Å². The summed E-state index contributed by atoms with van der Waals surface area (Å²) in [6.45, 7) is 1.79. The van der Waals surface area contributed by atoms with E-state index in [1.54, 1.807) is 0 Å². The monoisotopic (exact) mass is 488 g/mol. The molecule has 4 amide bonds. The first-order chi connectivity index (χ1) is 16.0. The van der Waals surface area contributed by atoms with Gasteiger partial charge in [-0.3, -0.25) is 19.2 Å². The molecule has 2 unspecified atom stereocenters. The number of rotatable bonds is 10. The fraction of sp³-hybridized carbons (Fsp3) is 0.579. The topological polar surface area (TPSA) is 189 Å². The highest BCUT2D eigenvalue weighted by Gasteiger charge is 2.36. The minimum absolute atomic E-state index is 0. The third kappa shape index (κ3) is 7.25. The Bertz CT molecular complexity index is 873. The minimum atomic E-state index is -1.47. The zero-order valence-electron chi connectivity index (χ0n) is 18.3. The second kappa shape index (κ2) is 11.7. The average molecular weight is 488 g/mol. The maximum absolute atomic E-state index is 12.0. The molecule has 0 saturated carbocycles. The standard InChI is InChI=1S/C19H22N2O13.H2/c1-3-11(18(28)34-21-14(24)6-7-15(21)25)32-17(27)9-30-19(29)31-10(2)8-16(26)33-20-12(22)4-5-13(20)23;/h10-11H,3-9H2,1-2H3;1H. The number of carbonyl (C=O) groups excluding carboxylic acids is 8. The summed E-state index contributed by atoms with van der Waals surface area (Å²) >= 11 is 0. The van der Waals surface area contributed by atoms with Crippen LogP contribution >= 0.6 is 0 Å². The number of carbonyl (C=O) groups is 8. The fourth-order valence-corrected chi connectivity index (χ4v) is 2.69. The van der Waals surface area contributed by atoms with Gasteiger partial charge in [-0.1, -0.05) is 6.92 Å². The van der Waals surface area contributed by atoms with Crippen LogP contribution in [0.3, 0.4) is 0 Å². The highest BCUT2D eigenvalue weighted by atomic mass is 16.8. The van der Waals surface area contributed by atoms with Crippen molar-refractivity contribution in [3.05, 3.63) is 0 Å². The molecule has 2 rings (SSSR count). The van der Waals surface area contributed by atoms with Crippen molar-refractivity contribution in [3.63, 3.8) is 0 Å². The largest absolute Gasteiger partial charge is 0.509 e. The van der Waals surface area contributed by atoms with Gasteiger partial charge in [-0.15, -0.1) is 10.1 Å². The SMILES string of the molecule is CCC(OC(=O)COC(=O)OC(C)CC(=O)ON1C(=O)CCC1=O)C(=O)ON1C(=O)CCC1=O.[HH]. The molecule has 188 valence electrons. The van der Waals surface area contributed by atoms with Crippen molar-refractivity contribution in [2.45, 2.75) is 64.6 Å². The lowest BCUT2D eigenvalue weighted by atomic mass is 10.3. The second-order valence-corrected chi connectivity index (χ2v) is 7.10. The van der Waals surface area contributed by atoms with Crippen molar-refractivity contribution < 1.29 is 63.7 Å². The number of hydrogen-bond donors (Lipinski definition) is 0. The maximum atomic E-state index is 12.0. The summed E-state index contributed by atoms with van der Waals surface area (Å²) < 4.78 is 14.1. The van der Waals surface area contributed by atoms with Crippen molar-refractivity contribution in [1.29, 1.82) is 0 Å². The van der Waals surface area contributed by atoms with Gasteiger partial charge in [0.15, 0.2) is 6.61 Å². The van der Waals surface area contributed by atoms with Crippen LogP contribution in [0.1, 0.15) is 53.8 Å². The molecule has 0 aromatic carbocycles. The minimum Gasteiger partial charge on any atom is -0.448 e. The Balaban J connectivity index is 0.00000612. The Morgan fingerprint density at radius 2 is 1.32 bits per heavy atom. The molecule has 2 aliphatic rings. The number of hydroxylamine groups is 4. The van der Waals surface area contributed by atoms with Gasteiger partial charge in [0.2, 0.25) is 6.10 Å². The van der Waals surface area contributed by atoms with Crippen LogP contribution in [-0.4, -0.2) is 76.6 Å². The summed E-state index contributed by atoms with van der Waals surface area (Å²) in [6.07, 6.45) is -4.88. The van der Waals surface area contributed by atoms with Crippen molar-refractivity contribution >= 4 is 47.7 Å². The molecule has 15 heteroatoms. The van der Waals surface area contributed by atoms with Gasteiger partial charge in [0.1, 0.15) is 6.10 Å². The molecule has 34 heavy (non-hydrogen) atoms. The van der Waals surface area contributed by atoms with Crippen LogP contribution in [0.4, 0.5) is 4.79 Å². The predicted octanol–water partition coefficient (Wildman–Crippen LogP) is -0.300. The van der Waals surface area contributed by atoms with E-state index >= 15 is 0 Å². The number of nitrogens with zero attached hydrogens (tertiary/aromatic N) is 2. The second-order valence-electron chi connectivity index (χ2n) is 7.10. The molecular formula is C19H24N2O13. The smallest absolute Gasteiger partial charge is 0.448 e. The fourth-order valence-electron chi connectivity index (χ4n) is 2.69. The quantitative estimate of drug-likeness (QED) is 0.288. The Kier molecular flexibility index (Phi) is 9.03. The Labute approximate surface area is 193 Å². The van der Waals surface area contributed by atoms with E-state index in [1.807, 2.05) is 0 Å². The first kappa shape index (κ1) is 26.2. The van der Waals surface area contributed by atoms with Crippen LogP contribution in [0.15, 0.2) is 0 Å². The highest BCUT2D eigenvalue weighted by molar-refractivity contribution is 6.02. The van der Waals surface area contributed by atoms with Gasteiger partial charge in [-0.2, -0.15) is 0 Å². The number of amides is 4. The van der Waals surface area contributed by atoms with Crippen LogP contribution in [0.5, 0.6) is 0 Å². The lowest BCUT2D eigenvalue weighted by Gasteiger charge is -2.18. The van der Waals surface area contributed by atoms with Crippen molar-refractivity contribution in [3.8, 4) is 0 Å². The molecule has 2 aliphatic heterocycles. The van der Waals surface area contributed by atoms with Crippen LogP contribution in [0.25, 0.3) is 0 Å². The van der Waals surface area contributed by atoms with Gasteiger partial charge in [0, 0.05) is 27.1 Å². The third-order valence-corrected chi connectivity index (χ3v) is 4.35. The van der Waals surface area contributed by atoms with Gasteiger partial charge in [-0.05, 0) is 13.3 Å². The molecule has 2 atom stereocenters. The number of hydrogen-bond acceptors (Lipinski definition) is 13. The molecule has 2 fully saturated rings.